The second-order valence-electron chi connectivity index (χ2n) is 5.17. The Morgan fingerprint density at radius 2 is 2.11 bits per heavy atom. The van der Waals surface area contributed by atoms with Crippen molar-refractivity contribution in [2.75, 3.05) is 19.7 Å². The molecule has 6 nitrogen and oxygen atoms in total. The molecular formula is C13H23N5O. The van der Waals surface area contributed by atoms with Gasteiger partial charge in [-0.05, 0) is 25.3 Å². The van der Waals surface area contributed by atoms with Gasteiger partial charge in [0.1, 0.15) is 0 Å². The topological polar surface area (TPSA) is 103 Å². The Kier molecular flexibility index (Phi) is 4.44. The maximum absolute atomic E-state index is 5.89. The van der Waals surface area contributed by atoms with E-state index in [-0.39, 0.29) is 12.0 Å². The summed E-state index contributed by atoms with van der Waals surface area (Å²) < 4.78 is 5.63. The third-order valence-corrected chi connectivity index (χ3v) is 3.23. The quantitative estimate of drug-likeness (QED) is 0.353. The zero-order valence-electron chi connectivity index (χ0n) is 11.2. The zero-order chi connectivity index (χ0) is 13.8. The Labute approximate surface area is 114 Å². The number of ether oxygens (including phenoxy) is 1. The Morgan fingerprint density at radius 1 is 1.37 bits per heavy atom. The van der Waals surface area contributed by atoms with E-state index >= 15 is 0 Å². The Hall–Kier alpha value is -1.53. The highest BCUT2D eigenvalue weighted by molar-refractivity contribution is 5.76. The summed E-state index contributed by atoms with van der Waals surface area (Å²) >= 11 is 0. The van der Waals surface area contributed by atoms with E-state index in [0.717, 1.165) is 38.0 Å². The minimum absolute atomic E-state index is 0.0385. The zero-order valence-corrected chi connectivity index (χ0v) is 11.2. The third kappa shape index (κ3) is 4.57. The van der Waals surface area contributed by atoms with Gasteiger partial charge < -0.3 is 26.8 Å². The van der Waals surface area contributed by atoms with Gasteiger partial charge in [0.05, 0.1) is 18.4 Å². The van der Waals surface area contributed by atoms with Gasteiger partial charge in [0, 0.05) is 24.8 Å². The number of hydrogen-bond donors (Lipinski definition) is 3. The van der Waals surface area contributed by atoms with Crippen molar-refractivity contribution in [2.45, 2.75) is 31.4 Å². The first-order valence-corrected chi connectivity index (χ1v) is 6.66. The molecule has 106 valence electrons. The molecule has 1 saturated heterocycles. The lowest BCUT2D eigenvalue weighted by Crippen LogP contribution is -2.26. The van der Waals surface area contributed by atoms with Crippen molar-refractivity contribution in [3.63, 3.8) is 0 Å². The van der Waals surface area contributed by atoms with Crippen molar-refractivity contribution >= 4 is 5.96 Å². The molecule has 2 rings (SSSR count). The molecule has 0 radical (unpaired) electrons. The van der Waals surface area contributed by atoms with Gasteiger partial charge in [-0.2, -0.15) is 0 Å². The predicted molar refractivity (Wildman–Crippen MR) is 76.2 cm³/mol. The molecule has 1 saturated carbocycles. The molecule has 0 aromatic rings. The largest absolute Gasteiger partial charge is 0.372 e. The number of aliphatic imine (C=N–C) groups is 1. The monoisotopic (exact) mass is 265 g/mol. The van der Waals surface area contributed by atoms with E-state index in [1.807, 2.05) is 6.08 Å². The molecule has 6 N–H and O–H groups in total. The minimum atomic E-state index is 0.0385. The van der Waals surface area contributed by atoms with Crippen molar-refractivity contribution in [1.82, 2.24) is 4.90 Å². The predicted octanol–water partition coefficient (Wildman–Crippen LogP) is -0.131. The number of nitrogens with zero attached hydrogens (tertiary/aromatic N) is 2. The van der Waals surface area contributed by atoms with E-state index in [4.69, 9.17) is 21.9 Å². The van der Waals surface area contributed by atoms with Crippen LogP contribution in [-0.2, 0) is 4.74 Å². The summed E-state index contributed by atoms with van der Waals surface area (Å²) in [5, 5.41) is 0. The lowest BCUT2D eigenvalue weighted by atomic mass is 10.3. The molecule has 1 atom stereocenters. The highest BCUT2D eigenvalue weighted by Crippen LogP contribution is 2.24. The molecule has 0 bridgehead atoms. The van der Waals surface area contributed by atoms with Gasteiger partial charge in [-0.25, -0.2) is 4.99 Å². The first kappa shape index (κ1) is 13.9. The maximum atomic E-state index is 5.89. The van der Waals surface area contributed by atoms with E-state index < -0.39 is 0 Å². The standard InChI is InChI=1S/C13H23N5O/c1-9(18-5-4-10(14)7-18)6-11(17-13(15)16)8-19-12-2-3-12/h6,10,12H,1-5,7-8,14H2,(H4,15,16,17)/b11-6-/t10-/m1/s1. The molecule has 2 aliphatic rings. The third-order valence-electron chi connectivity index (χ3n) is 3.23. The maximum Gasteiger partial charge on any atom is 0.190 e. The van der Waals surface area contributed by atoms with Crippen LogP contribution in [0.5, 0.6) is 0 Å². The fourth-order valence-corrected chi connectivity index (χ4v) is 2.04. The SMILES string of the molecule is C=C(/C=C(/COC1CC1)N=C(N)N)N1CC[C@@H](N)C1. The molecule has 0 aromatic carbocycles. The average Bonchev–Trinajstić information content (AvgIpc) is 3.06. The normalized spacial score (nSPS) is 23.5. The van der Waals surface area contributed by atoms with Crippen LogP contribution in [-0.4, -0.2) is 42.7 Å². The van der Waals surface area contributed by atoms with E-state index in [9.17, 15) is 0 Å². The summed E-state index contributed by atoms with van der Waals surface area (Å²) in [7, 11) is 0. The fourth-order valence-electron chi connectivity index (χ4n) is 2.04. The van der Waals surface area contributed by atoms with Crippen molar-refractivity contribution in [2.24, 2.45) is 22.2 Å². The molecular weight excluding hydrogens is 242 g/mol. The summed E-state index contributed by atoms with van der Waals surface area (Å²) in [6.07, 6.45) is 5.48. The average molecular weight is 265 g/mol. The van der Waals surface area contributed by atoms with Crippen LogP contribution < -0.4 is 17.2 Å². The second kappa shape index (κ2) is 6.08. The van der Waals surface area contributed by atoms with Crippen LogP contribution in [0.3, 0.4) is 0 Å². The molecule has 0 aromatic heterocycles. The summed E-state index contributed by atoms with van der Waals surface area (Å²) in [5.41, 5.74) is 18.3. The van der Waals surface area contributed by atoms with Crippen LogP contribution in [0.15, 0.2) is 29.0 Å². The van der Waals surface area contributed by atoms with Gasteiger partial charge in [-0.1, -0.05) is 6.58 Å². The summed E-state index contributed by atoms with van der Waals surface area (Å²) in [6.45, 7) is 6.22. The van der Waals surface area contributed by atoms with Crippen molar-refractivity contribution in [3.05, 3.63) is 24.0 Å². The number of likely N-dealkylation sites (tertiary alicyclic amines) is 1. The molecule has 0 amide bonds. The second-order valence-corrected chi connectivity index (χ2v) is 5.17. The summed E-state index contributed by atoms with van der Waals surface area (Å²) in [4.78, 5) is 6.24. The summed E-state index contributed by atoms with van der Waals surface area (Å²) in [6, 6.07) is 0.222. The number of guanidine groups is 1. The Balaban J connectivity index is 1.96. The Bertz CT molecular complexity index is 396. The molecule has 1 aliphatic carbocycles. The van der Waals surface area contributed by atoms with Gasteiger partial charge in [-0.15, -0.1) is 0 Å². The van der Waals surface area contributed by atoms with Crippen LogP contribution in [0.2, 0.25) is 0 Å². The molecule has 6 heteroatoms. The van der Waals surface area contributed by atoms with Gasteiger partial charge in [0.2, 0.25) is 0 Å². The van der Waals surface area contributed by atoms with Crippen molar-refractivity contribution < 1.29 is 4.74 Å². The van der Waals surface area contributed by atoms with Crippen LogP contribution in [0.1, 0.15) is 19.3 Å². The van der Waals surface area contributed by atoms with Crippen LogP contribution in [0, 0.1) is 0 Å². The van der Waals surface area contributed by atoms with E-state index in [2.05, 4.69) is 16.5 Å². The first-order chi connectivity index (χ1) is 9.04. The number of rotatable bonds is 6. The molecule has 0 spiro atoms. The number of allylic oxidation sites excluding steroid dienone is 1. The molecule has 1 heterocycles. The first-order valence-electron chi connectivity index (χ1n) is 6.66. The van der Waals surface area contributed by atoms with E-state index in [1.54, 1.807) is 0 Å². The van der Waals surface area contributed by atoms with Crippen LogP contribution in [0.4, 0.5) is 0 Å². The lowest BCUT2D eigenvalue weighted by Gasteiger charge is -2.18. The van der Waals surface area contributed by atoms with E-state index in [0.29, 0.717) is 18.4 Å². The van der Waals surface area contributed by atoms with Gasteiger partial charge in [-0.3, -0.25) is 0 Å². The number of hydrogen-bond acceptors (Lipinski definition) is 4. The Morgan fingerprint density at radius 3 is 2.63 bits per heavy atom. The molecule has 2 fully saturated rings. The number of nitrogens with two attached hydrogens (primary N) is 3. The van der Waals surface area contributed by atoms with Crippen LogP contribution >= 0.6 is 0 Å². The summed E-state index contributed by atoms with van der Waals surface area (Å²) in [5.74, 6) is 0.0385. The van der Waals surface area contributed by atoms with Gasteiger partial charge >= 0.3 is 0 Å². The highest BCUT2D eigenvalue weighted by Gasteiger charge is 2.23. The van der Waals surface area contributed by atoms with Crippen LogP contribution in [0.25, 0.3) is 0 Å². The molecule has 0 unspecified atom stereocenters. The minimum Gasteiger partial charge on any atom is -0.372 e. The van der Waals surface area contributed by atoms with Crippen molar-refractivity contribution in [1.29, 1.82) is 0 Å². The smallest absolute Gasteiger partial charge is 0.190 e. The van der Waals surface area contributed by atoms with Gasteiger partial charge in [0.15, 0.2) is 5.96 Å². The highest BCUT2D eigenvalue weighted by atomic mass is 16.5. The molecule has 19 heavy (non-hydrogen) atoms. The molecule has 1 aliphatic heterocycles. The van der Waals surface area contributed by atoms with E-state index in [1.165, 1.54) is 0 Å². The van der Waals surface area contributed by atoms with Crippen molar-refractivity contribution in [3.8, 4) is 0 Å². The van der Waals surface area contributed by atoms with Gasteiger partial charge in [0.25, 0.3) is 0 Å². The fraction of sp³-hybridized carbons (Fsp3) is 0.615. The lowest BCUT2D eigenvalue weighted by molar-refractivity contribution is 0.140.